The summed E-state index contributed by atoms with van der Waals surface area (Å²) in [5, 5.41) is 1.14. The van der Waals surface area contributed by atoms with Gasteiger partial charge in [-0.05, 0) is 36.4 Å². The van der Waals surface area contributed by atoms with Gasteiger partial charge in [0.2, 0.25) is 0 Å². The highest BCUT2D eigenvalue weighted by atomic mass is 15.2. The quantitative estimate of drug-likeness (QED) is 0.629. The number of fused-ring (bicyclic) bond motifs is 1. The Morgan fingerprint density at radius 1 is 0.773 bits per heavy atom. The lowest BCUT2D eigenvalue weighted by molar-refractivity contribution is 1.13. The summed E-state index contributed by atoms with van der Waals surface area (Å²) < 4.78 is 0. The van der Waals surface area contributed by atoms with E-state index < -0.39 is 0 Å². The average Bonchev–Trinajstić information content (AvgIpc) is 2.65. The highest BCUT2D eigenvalue weighted by Crippen LogP contribution is 2.24. The van der Waals surface area contributed by atoms with Crippen molar-refractivity contribution >= 4 is 22.4 Å². The molecule has 0 saturated carbocycles. The third-order valence-electron chi connectivity index (χ3n) is 2.97. The molecule has 116 valence electrons. The van der Waals surface area contributed by atoms with Gasteiger partial charge in [-0.3, -0.25) is 4.98 Å². The number of rotatable bonds is 2. The molecular weight excluding hydrogens is 270 g/mol. The predicted octanol–water partition coefficient (Wildman–Crippen LogP) is 5.45. The van der Waals surface area contributed by atoms with Crippen LogP contribution in [0.1, 0.15) is 27.7 Å². The highest BCUT2D eigenvalue weighted by Gasteiger charge is 2.05. The van der Waals surface area contributed by atoms with E-state index in [1.807, 2.05) is 71.3 Å². The summed E-state index contributed by atoms with van der Waals surface area (Å²) in [4.78, 5) is 10.7. The van der Waals surface area contributed by atoms with Crippen molar-refractivity contribution in [1.82, 2.24) is 9.97 Å². The Morgan fingerprint density at radius 2 is 1.50 bits per heavy atom. The monoisotopic (exact) mass is 295 g/mol. The Morgan fingerprint density at radius 3 is 2.18 bits per heavy atom. The van der Waals surface area contributed by atoms with Crippen LogP contribution in [0.25, 0.3) is 10.9 Å². The molecule has 0 spiro atoms. The van der Waals surface area contributed by atoms with Crippen LogP contribution >= 0.6 is 0 Å². The van der Waals surface area contributed by atoms with E-state index in [1.54, 1.807) is 6.20 Å². The number of benzene rings is 1. The maximum atomic E-state index is 4.35. The van der Waals surface area contributed by atoms with E-state index in [9.17, 15) is 0 Å². The van der Waals surface area contributed by atoms with Crippen LogP contribution in [-0.4, -0.2) is 17.0 Å². The minimum absolute atomic E-state index is 0.931. The first-order valence-electron chi connectivity index (χ1n) is 7.84. The number of pyridine rings is 2. The van der Waals surface area contributed by atoms with Gasteiger partial charge in [0.1, 0.15) is 5.82 Å². The first kappa shape index (κ1) is 17.6. The van der Waals surface area contributed by atoms with Crippen molar-refractivity contribution in [2.45, 2.75) is 27.7 Å². The Labute approximate surface area is 133 Å². The van der Waals surface area contributed by atoms with E-state index in [1.165, 1.54) is 0 Å². The second kappa shape index (κ2) is 9.50. The van der Waals surface area contributed by atoms with Gasteiger partial charge in [-0.25, -0.2) is 4.98 Å². The van der Waals surface area contributed by atoms with Crippen molar-refractivity contribution in [3.63, 3.8) is 0 Å². The van der Waals surface area contributed by atoms with Crippen LogP contribution in [0.4, 0.5) is 11.5 Å². The topological polar surface area (TPSA) is 29.0 Å². The summed E-state index contributed by atoms with van der Waals surface area (Å²) in [5.74, 6) is 0.931. The minimum Gasteiger partial charge on any atom is -0.329 e. The molecule has 3 aromatic rings. The zero-order chi connectivity index (χ0) is 16.4. The van der Waals surface area contributed by atoms with Gasteiger partial charge >= 0.3 is 0 Å². The third kappa shape index (κ3) is 4.29. The highest BCUT2D eigenvalue weighted by molar-refractivity contribution is 5.83. The van der Waals surface area contributed by atoms with E-state index in [4.69, 9.17) is 0 Å². The molecule has 1 aromatic carbocycles. The first-order chi connectivity index (χ1) is 10.8. The minimum atomic E-state index is 0.931. The van der Waals surface area contributed by atoms with E-state index in [0.29, 0.717) is 0 Å². The molecule has 0 N–H and O–H groups in total. The number of hydrogen-bond donors (Lipinski definition) is 0. The van der Waals surface area contributed by atoms with E-state index in [-0.39, 0.29) is 0 Å². The summed E-state index contributed by atoms with van der Waals surface area (Å²) in [6.45, 7) is 8.00. The fourth-order valence-electron chi connectivity index (χ4n) is 1.96. The second-order valence-corrected chi connectivity index (χ2v) is 4.13. The maximum Gasteiger partial charge on any atom is 0.132 e. The van der Waals surface area contributed by atoms with Gasteiger partial charge in [0, 0.05) is 30.5 Å². The molecule has 0 atom stereocenters. The van der Waals surface area contributed by atoms with Gasteiger partial charge in [0.15, 0.2) is 0 Å². The van der Waals surface area contributed by atoms with Crippen molar-refractivity contribution < 1.29 is 0 Å². The first-order valence-corrected chi connectivity index (χ1v) is 7.84. The lowest BCUT2D eigenvalue weighted by Crippen LogP contribution is -2.10. The number of nitrogens with zero attached hydrogens (tertiary/aromatic N) is 3. The van der Waals surface area contributed by atoms with Gasteiger partial charge in [-0.1, -0.05) is 39.8 Å². The van der Waals surface area contributed by atoms with Crippen LogP contribution in [0.3, 0.4) is 0 Å². The molecule has 0 unspecified atom stereocenters. The predicted molar refractivity (Wildman–Crippen MR) is 96.7 cm³/mol. The standard InChI is InChI=1S/C15H13N3.2C2H6/c1-18(15-6-2-3-9-17-15)13-7-8-14-12(11-13)5-4-10-16-14;2*1-2/h2-11H,1H3;2*1-2H3. The number of hydrogen-bond acceptors (Lipinski definition) is 3. The summed E-state index contributed by atoms with van der Waals surface area (Å²) in [5.41, 5.74) is 2.12. The van der Waals surface area contributed by atoms with E-state index in [0.717, 1.165) is 22.4 Å². The van der Waals surface area contributed by atoms with E-state index in [2.05, 4.69) is 33.1 Å². The SMILES string of the molecule is CC.CC.CN(c1ccc2ncccc2c1)c1ccccn1. The lowest BCUT2D eigenvalue weighted by atomic mass is 10.2. The molecule has 3 heteroatoms. The Kier molecular flexibility index (Phi) is 7.62. The molecule has 3 rings (SSSR count). The summed E-state index contributed by atoms with van der Waals surface area (Å²) in [6.07, 6.45) is 3.61. The Balaban J connectivity index is 0.000000561. The van der Waals surface area contributed by atoms with Crippen LogP contribution in [0.15, 0.2) is 60.9 Å². The molecule has 0 aliphatic carbocycles. The van der Waals surface area contributed by atoms with Crippen LogP contribution in [0, 0.1) is 0 Å². The number of anilines is 2. The van der Waals surface area contributed by atoms with Crippen LogP contribution < -0.4 is 4.90 Å². The molecular formula is C19H25N3. The van der Waals surface area contributed by atoms with Crippen molar-refractivity contribution in [3.05, 3.63) is 60.9 Å². The third-order valence-corrected chi connectivity index (χ3v) is 2.97. The molecule has 2 heterocycles. The van der Waals surface area contributed by atoms with Crippen LogP contribution in [-0.2, 0) is 0 Å². The zero-order valence-electron chi connectivity index (χ0n) is 14.1. The van der Waals surface area contributed by atoms with Crippen molar-refractivity contribution in [3.8, 4) is 0 Å². The molecule has 0 aliphatic heterocycles. The molecule has 0 bridgehead atoms. The van der Waals surface area contributed by atoms with Crippen LogP contribution in [0.5, 0.6) is 0 Å². The van der Waals surface area contributed by atoms with Gasteiger partial charge in [-0.15, -0.1) is 0 Å². The molecule has 0 amide bonds. The molecule has 2 aromatic heterocycles. The van der Waals surface area contributed by atoms with Crippen LogP contribution in [0.2, 0.25) is 0 Å². The summed E-state index contributed by atoms with van der Waals surface area (Å²) in [7, 11) is 2.01. The van der Waals surface area contributed by atoms with Gasteiger partial charge in [0.05, 0.1) is 5.52 Å². The molecule has 0 saturated heterocycles. The number of aromatic nitrogens is 2. The second-order valence-electron chi connectivity index (χ2n) is 4.13. The molecule has 3 nitrogen and oxygen atoms in total. The lowest BCUT2D eigenvalue weighted by Gasteiger charge is -2.18. The van der Waals surface area contributed by atoms with E-state index >= 15 is 0 Å². The molecule has 0 aliphatic rings. The Bertz CT molecular complexity index is 666. The summed E-state index contributed by atoms with van der Waals surface area (Å²) >= 11 is 0. The van der Waals surface area contributed by atoms with Gasteiger partial charge in [-0.2, -0.15) is 0 Å². The molecule has 22 heavy (non-hydrogen) atoms. The van der Waals surface area contributed by atoms with Crippen molar-refractivity contribution in [1.29, 1.82) is 0 Å². The largest absolute Gasteiger partial charge is 0.329 e. The average molecular weight is 295 g/mol. The zero-order valence-corrected chi connectivity index (χ0v) is 14.1. The molecule has 0 radical (unpaired) electrons. The molecule has 0 fully saturated rings. The van der Waals surface area contributed by atoms with Crippen molar-refractivity contribution in [2.75, 3.05) is 11.9 Å². The normalized spacial score (nSPS) is 9.14. The van der Waals surface area contributed by atoms with Crippen molar-refractivity contribution in [2.24, 2.45) is 0 Å². The Hall–Kier alpha value is -2.42. The fourth-order valence-corrected chi connectivity index (χ4v) is 1.96. The van der Waals surface area contributed by atoms with Gasteiger partial charge < -0.3 is 4.90 Å². The van der Waals surface area contributed by atoms with Gasteiger partial charge in [0.25, 0.3) is 0 Å². The smallest absolute Gasteiger partial charge is 0.132 e. The maximum absolute atomic E-state index is 4.35. The fraction of sp³-hybridized carbons (Fsp3) is 0.263. The summed E-state index contributed by atoms with van der Waals surface area (Å²) in [6, 6.07) is 16.1.